The van der Waals surface area contributed by atoms with E-state index in [1.54, 1.807) is 17.6 Å². The normalized spacial score (nSPS) is 23.3. The zero-order chi connectivity index (χ0) is 28.4. The number of halogens is 2. The maximum absolute atomic E-state index is 13.6. The van der Waals surface area contributed by atoms with E-state index < -0.39 is 32.6 Å². The Bertz CT molecular complexity index is 1620. The number of nitrogens with zero attached hydrogens (tertiary/aromatic N) is 5. The summed E-state index contributed by atoms with van der Waals surface area (Å²) in [4.78, 5) is 7.01. The van der Waals surface area contributed by atoms with Crippen molar-refractivity contribution in [2.45, 2.75) is 81.0 Å². The number of hydrogen-bond donors (Lipinski definition) is 2. The number of methoxy groups -OCH3 is 1. The van der Waals surface area contributed by atoms with Crippen LogP contribution in [0.4, 0.5) is 14.5 Å². The van der Waals surface area contributed by atoms with Crippen LogP contribution in [0.1, 0.15) is 63.6 Å². The van der Waals surface area contributed by atoms with E-state index in [4.69, 9.17) is 9.72 Å². The van der Waals surface area contributed by atoms with Gasteiger partial charge in [-0.3, -0.25) is 4.40 Å². The number of aromatic nitrogens is 4. The van der Waals surface area contributed by atoms with Crippen molar-refractivity contribution in [3.8, 4) is 22.5 Å². The van der Waals surface area contributed by atoms with E-state index in [9.17, 15) is 17.2 Å². The topological polar surface area (TPSA) is 114 Å². The highest BCUT2D eigenvalue weighted by Gasteiger charge is 2.42. The number of piperazine rings is 1. The van der Waals surface area contributed by atoms with Crippen LogP contribution >= 0.6 is 11.3 Å². The Morgan fingerprint density at radius 3 is 2.48 bits per heavy atom. The smallest absolute Gasteiger partial charge is 0.291 e. The molecule has 3 aromatic rings. The third kappa shape index (κ3) is 5.21. The van der Waals surface area contributed by atoms with Gasteiger partial charge in [-0.2, -0.15) is 0 Å². The van der Waals surface area contributed by atoms with E-state index in [1.807, 2.05) is 6.92 Å². The van der Waals surface area contributed by atoms with Gasteiger partial charge in [0.25, 0.3) is 6.43 Å². The number of alkyl halides is 2. The molecule has 3 aliphatic rings. The number of hydrogen-bond acceptors (Lipinski definition) is 9. The Morgan fingerprint density at radius 1 is 1.20 bits per heavy atom. The molecule has 1 saturated heterocycles. The summed E-state index contributed by atoms with van der Waals surface area (Å²) < 4.78 is 64.2. The summed E-state index contributed by atoms with van der Waals surface area (Å²) in [5.41, 5.74) is 0.663. The van der Waals surface area contributed by atoms with Crippen molar-refractivity contribution in [1.29, 1.82) is 0 Å². The minimum atomic E-state index is -3.91. The first-order chi connectivity index (χ1) is 18.9. The molecular formula is C26H31F2N7O3S2. The molecule has 0 aromatic carbocycles. The van der Waals surface area contributed by atoms with Crippen molar-refractivity contribution in [3.63, 3.8) is 0 Å². The molecule has 10 nitrogen and oxygen atoms in total. The summed E-state index contributed by atoms with van der Waals surface area (Å²) >= 11 is 0.737. The summed E-state index contributed by atoms with van der Waals surface area (Å²) in [6, 6.07) is 1.94. The minimum Gasteiger partial charge on any atom is -0.366 e. The van der Waals surface area contributed by atoms with E-state index in [0.717, 1.165) is 37.0 Å². The van der Waals surface area contributed by atoms with Crippen molar-refractivity contribution in [2.24, 2.45) is 0 Å². The number of pyridine rings is 1. The van der Waals surface area contributed by atoms with E-state index in [1.165, 1.54) is 6.20 Å². The highest BCUT2D eigenvalue weighted by molar-refractivity contribution is 7.89. The lowest BCUT2D eigenvalue weighted by molar-refractivity contribution is 0.129. The van der Waals surface area contributed by atoms with Crippen molar-refractivity contribution >= 4 is 32.7 Å². The average Bonchev–Trinajstić information content (AvgIpc) is 3.71. The van der Waals surface area contributed by atoms with E-state index in [2.05, 4.69) is 50.8 Å². The summed E-state index contributed by atoms with van der Waals surface area (Å²) in [6.45, 7) is 7.25. The zero-order valence-electron chi connectivity index (χ0n) is 22.7. The third-order valence-corrected chi connectivity index (χ3v) is 10.1. The fraction of sp³-hybridized carbons (Fsp3) is 0.577. The molecule has 40 heavy (non-hydrogen) atoms. The first-order valence-corrected chi connectivity index (χ1v) is 15.5. The summed E-state index contributed by atoms with van der Waals surface area (Å²) in [6.07, 6.45) is 1.76. The Hall–Kier alpha value is -2.70. The summed E-state index contributed by atoms with van der Waals surface area (Å²) in [7, 11) is -2.31. The molecule has 3 fully saturated rings. The van der Waals surface area contributed by atoms with Crippen LogP contribution in [0.3, 0.4) is 0 Å². The number of rotatable bonds is 7. The number of imidazole rings is 1. The molecule has 2 N–H and O–H groups in total. The molecule has 0 spiro atoms. The van der Waals surface area contributed by atoms with Crippen LogP contribution in [0.2, 0.25) is 0 Å². The maximum atomic E-state index is 13.6. The number of anilines is 1. The fourth-order valence-corrected chi connectivity index (χ4v) is 7.28. The van der Waals surface area contributed by atoms with Crippen LogP contribution < -0.4 is 14.9 Å². The minimum absolute atomic E-state index is 0.0503. The Morgan fingerprint density at radius 2 is 1.90 bits per heavy atom. The molecule has 14 heteroatoms. The SMILES string of the molecule is COC1(C#Cc2nc3c(N4C[C@H](C)N[C@@H](C)C4)cc(S(=O)(=O)NC4(C)CC4)cn3c2-c2nnc(C(F)F)s2)CC1. The molecule has 1 aliphatic heterocycles. The van der Waals surface area contributed by atoms with Crippen molar-refractivity contribution in [2.75, 3.05) is 25.1 Å². The van der Waals surface area contributed by atoms with Crippen LogP contribution in [-0.4, -0.2) is 71.4 Å². The van der Waals surface area contributed by atoms with Gasteiger partial charge in [-0.05, 0) is 58.4 Å². The van der Waals surface area contributed by atoms with Crippen molar-refractivity contribution in [3.05, 3.63) is 23.0 Å². The molecular weight excluding hydrogens is 560 g/mol. The van der Waals surface area contributed by atoms with Crippen LogP contribution in [0.15, 0.2) is 17.2 Å². The second-order valence-electron chi connectivity index (χ2n) is 11.3. The van der Waals surface area contributed by atoms with Gasteiger partial charge in [0, 0.05) is 44.0 Å². The number of ether oxygens (including phenoxy) is 1. The Kier molecular flexibility index (Phi) is 6.66. The molecule has 0 bridgehead atoms. The molecule has 2 atom stereocenters. The lowest BCUT2D eigenvalue weighted by atomic mass is 10.1. The number of sulfonamides is 1. The van der Waals surface area contributed by atoms with Crippen molar-refractivity contribution in [1.82, 2.24) is 29.6 Å². The molecule has 0 unspecified atom stereocenters. The van der Waals surface area contributed by atoms with Crippen LogP contribution in [0, 0.1) is 11.8 Å². The van der Waals surface area contributed by atoms with Crippen LogP contribution in [0.25, 0.3) is 16.3 Å². The van der Waals surface area contributed by atoms with E-state index >= 15 is 0 Å². The summed E-state index contributed by atoms with van der Waals surface area (Å²) in [5.74, 6) is 6.24. The van der Waals surface area contributed by atoms with Crippen molar-refractivity contribution < 1.29 is 21.9 Å². The van der Waals surface area contributed by atoms with E-state index in [-0.39, 0.29) is 22.0 Å². The molecule has 0 amide bonds. The zero-order valence-corrected chi connectivity index (χ0v) is 24.3. The Balaban J connectivity index is 1.59. The van der Waals surface area contributed by atoms with Gasteiger partial charge in [0.05, 0.1) is 5.69 Å². The Labute approximate surface area is 235 Å². The first-order valence-electron chi connectivity index (χ1n) is 13.2. The molecule has 2 aliphatic carbocycles. The van der Waals surface area contributed by atoms with Crippen LogP contribution in [-0.2, 0) is 14.8 Å². The largest absolute Gasteiger partial charge is 0.366 e. The van der Waals surface area contributed by atoms with Gasteiger partial charge < -0.3 is 15.0 Å². The van der Waals surface area contributed by atoms with E-state index in [0.29, 0.717) is 35.8 Å². The second-order valence-corrected chi connectivity index (χ2v) is 14.0. The number of fused-ring (bicyclic) bond motifs is 1. The van der Waals surface area contributed by atoms with Gasteiger partial charge in [-0.25, -0.2) is 26.9 Å². The highest BCUT2D eigenvalue weighted by Crippen LogP contribution is 2.40. The van der Waals surface area contributed by atoms with Gasteiger partial charge in [0.1, 0.15) is 21.9 Å². The molecule has 0 radical (unpaired) electrons. The van der Waals surface area contributed by atoms with Gasteiger partial charge >= 0.3 is 0 Å². The molecule has 214 valence electrons. The first kappa shape index (κ1) is 27.5. The monoisotopic (exact) mass is 591 g/mol. The predicted molar refractivity (Wildman–Crippen MR) is 147 cm³/mol. The van der Waals surface area contributed by atoms with Gasteiger partial charge in [-0.1, -0.05) is 17.3 Å². The third-order valence-electron chi connectivity index (χ3n) is 7.60. The standard InChI is InChI=1S/C26H31F2N7O3S2/c1-15-12-34(13-16(2)29-15)19-11-17(40(36,37)33-25(3)7-8-25)14-35-20(23-31-32-24(39-23)21(27)28)18(30-22(19)35)5-6-26(38-4)9-10-26/h11,14-16,21,29,33H,7-10,12-13H2,1-4H3/t15-,16-/m0/s1. The molecule has 4 heterocycles. The fourth-order valence-electron chi connectivity index (χ4n) is 5.06. The molecule has 6 rings (SSSR count). The summed E-state index contributed by atoms with van der Waals surface area (Å²) in [5, 5.41) is 11.0. The molecule has 3 aromatic heterocycles. The molecule has 2 saturated carbocycles. The highest BCUT2D eigenvalue weighted by atomic mass is 32.2. The average molecular weight is 592 g/mol. The second kappa shape index (κ2) is 9.70. The lowest BCUT2D eigenvalue weighted by Crippen LogP contribution is -2.54. The van der Waals surface area contributed by atoms with Gasteiger partial charge in [-0.15, -0.1) is 10.2 Å². The maximum Gasteiger partial charge on any atom is 0.291 e. The number of nitrogens with one attached hydrogen (secondary N) is 2. The van der Waals surface area contributed by atoms with Gasteiger partial charge in [0.2, 0.25) is 10.0 Å². The quantitative estimate of drug-likeness (QED) is 0.403. The predicted octanol–water partition coefficient (Wildman–Crippen LogP) is 3.34. The lowest BCUT2D eigenvalue weighted by Gasteiger charge is -2.37. The van der Waals surface area contributed by atoms with Crippen LogP contribution in [0.5, 0.6) is 0 Å². The van der Waals surface area contributed by atoms with Gasteiger partial charge in [0.15, 0.2) is 15.7 Å².